The molecule has 0 aliphatic heterocycles. The van der Waals surface area contributed by atoms with Gasteiger partial charge in [0, 0.05) is 23.0 Å². The summed E-state index contributed by atoms with van der Waals surface area (Å²) in [6, 6.07) is 4.70. The van der Waals surface area contributed by atoms with Gasteiger partial charge in [-0.25, -0.2) is 8.78 Å². The molecule has 1 aromatic carbocycles. The molecule has 0 heterocycles. The lowest BCUT2D eigenvalue weighted by Crippen LogP contribution is -2.23. The number of nitrogen functional groups attached to an aromatic ring is 1. The molecule has 0 amide bonds. The highest BCUT2D eigenvalue weighted by atomic mass is 19.3. The molecule has 3 N–H and O–H groups in total. The average Bonchev–Trinajstić information content (AvgIpc) is 2.28. The summed E-state index contributed by atoms with van der Waals surface area (Å²) in [5.41, 5.74) is 6.31. The van der Waals surface area contributed by atoms with Crippen molar-refractivity contribution in [3.63, 3.8) is 0 Å². The Bertz CT molecular complexity index is 380. The Morgan fingerprint density at radius 2 is 2.00 bits per heavy atom. The molecular formula is C13H21F2N3. The normalized spacial score (nSPS) is 13.1. The molecule has 0 aliphatic carbocycles. The third kappa shape index (κ3) is 4.49. The summed E-state index contributed by atoms with van der Waals surface area (Å²) in [5, 5.41) is 3.11. The van der Waals surface area contributed by atoms with Crippen LogP contribution >= 0.6 is 0 Å². The molecule has 0 bridgehead atoms. The fraction of sp³-hybridized carbons (Fsp3) is 0.538. The van der Waals surface area contributed by atoms with E-state index in [0.29, 0.717) is 11.4 Å². The van der Waals surface area contributed by atoms with Gasteiger partial charge < -0.3 is 16.0 Å². The Morgan fingerprint density at radius 3 is 2.56 bits per heavy atom. The third-order valence-electron chi connectivity index (χ3n) is 2.72. The van der Waals surface area contributed by atoms with Crippen molar-refractivity contribution in [2.75, 3.05) is 31.7 Å². The van der Waals surface area contributed by atoms with Gasteiger partial charge in [-0.3, -0.25) is 0 Å². The minimum absolute atomic E-state index is 0.0355. The van der Waals surface area contributed by atoms with E-state index >= 15 is 0 Å². The van der Waals surface area contributed by atoms with Gasteiger partial charge in [-0.1, -0.05) is 0 Å². The maximum atomic E-state index is 12.9. The van der Waals surface area contributed by atoms with Crippen LogP contribution in [0.3, 0.4) is 0 Å². The van der Waals surface area contributed by atoms with E-state index in [1.165, 1.54) is 6.07 Å². The first-order valence-corrected chi connectivity index (χ1v) is 5.99. The van der Waals surface area contributed by atoms with Crippen molar-refractivity contribution in [3.05, 3.63) is 23.8 Å². The standard InChI is InChI=1S/C13H21F2N3/c1-9(6-7-18(2)3)17-12-5-4-10(16)8-11(12)13(14)15/h4-5,8-9,13,17H,6-7,16H2,1-3H3. The molecule has 0 saturated heterocycles. The van der Waals surface area contributed by atoms with Crippen LogP contribution in [0.25, 0.3) is 0 Å². The van der Waals surface area contributed by atoms with Crippen LogP contribution in [0, 0.1) is 0 Å². The van der Waals surface area contributed by atoms with Crippen LogP contribution in [0.4, 0.5) is 20.2 Å². The SMILES string of the molecule is CC(CCN(C)C)Nc1ccc(N)cc1C(F)F. The fourth-order valence-electron chi connectivity index (χ4n) is 1.68. The second kappa shape index (κ2) is 6.54. The van der Waals surface area contributed by atoms with Gasteiger partial charge in [0.1, 0.15) is 0 Å². The molecular weight excluding hydrogens is 236 g/mol. The molecule has 1 aromatic rings. The highest BCUT2D eigenvalue weighted by Crippen LogP contribution is 2.29. The smallest absolute Gasteiger partial charge is 0.265 e. The summed E-state index contributed by atoms with van der Waals surface area (Å²) >= 11 is 0. The van der Waals surface area contributed by atoms with Crippen molar-refractivity contribution in [2.45, 2.75) is 25.8 Å². The van der Waals surface area contributed by atoms with Crippen LogP contribution in [0.15, 0.2) is 18.2 Å². The first-order chi connectivity index (χ1) is 8.40. The second-order valence-corrected chi connectivity index (χ2v) is 4.78. The topological polar surface area (TPSA) is 41.3 Å². The van der Waals surface area contributed by atoms with Crippen molar-refractivity contribution >= 4 is 11.4 Å². The highest BCUT2D eigenvalue weighted by Gasteiger charge is 2.14. The number of hydrogen-bond donors (Lipinski definition) is 2. The van der Waals surface area contributed by atoms with Gasteiger partial charge in [0.15, 0.2) is 0 Å². The van der Waals surface area contributed by atoms with E-state index in [0.717, 1.165) is 13.0 Å². The van der Waals surface area contributed by atoms with E-state index in [-0.39, 0.29) is 11.6 Å². The monoisotopic (exact) mass is 257 g/mol. The zero-order valence-corrected chi connectivity index (χ0v) is 11.1. The number of anilines is 2. The number of alkyl halides is 2. The van der Waals surface area contributed by atoms with Crippen LogP contribution in [0.5, 0.6) is 0 Å². The summed E-state index contributed by atoms with van der Waals surface area (Å²) in [6.45, 7) is 2.89. The van der Waals surface area contributed by atoms with Crippen molar-refractivity contribution in [1.82, 2.24) is 4.90 Å². The molecule has 0 aromatic heterocycles. The van der Waals surface area contributed by atoms with Crippen LogP contribution < -0.4 is 11.1 Å². The van der Waals surface area contributed by atoms with Gasteiger partial charge in [-0.2, -0.15) is 0 Å². The number of nitrogens with zero attached hydrogens (tertiary/aromatic N) is 1. The van der Waals surface area contributed by atoms with Gasteiger partial charge in [0.2, 0.25) is 0 Å². The van der Waals surface area contributed by atoms with Gasteiger partial charge in [-0.05, 0) is 52.2 Å². The van der Waals surface area contributed by atoms with Gasteiger partial charge in [0.05, 0.1) is 0 Å². The molecule has 0 aliphatic rings. The van der Waals surface area contributed by atoms with Crippen LogP contribution in [0.2, 0.25) is 0 Å². The fourth-order valence-corrected chi connectivity index (χ4v) is 1.68. The van der Waals surface area contributed by atoms with Crippen molar-refractivity contribution in [1.29, 1.82) is 0 Å². The lowest BCUT2D eigenvalue weighted by atomic mass is 10.1. The minimum Gasteiger partial charge on any atom is -0.399 e. The lowest BCUT2D eigenvalue weighted by molar-refractivity contribution is 0.152. The minimum atomic E-state index is -2.52. The molecule has 18 heavy (non-hydrogen) atoms. The highest BCUT2D eigenvalue weighted by molar-refractivity contribution is 5.59. The number of benzene rings is 1. The van der Waals surface area contributed by atoms with E-state index < -0.39 is 6.43 Å². The molecule has 0 radical (unpaired) electrons. The van der Waals surface area contributed by atoms with E-state index in [9.17, 15) is 8.78 Å². The first kappa shape index (κ1) is 14.7. The first-order valence-electron chi connectivity index (χ1n) is 5.99. The Morgan fingerprint density at radius 1 is 1.33 bits per heavy atom. The van der Waals surface area contributed by atoms with Gasteiger partial charge in [0.25, 0.3) is 6.43 Å². The molecule has 0 fully saturated rings. The summed E-state index contributed by atoms with van der Waals surface area (Å²) in [5.74, 6) is 0. The lowest BCUT2D eigenvalue weighted by Gasteiger charge is -2.20. The van der Waals surface area contributed by atoms with E-state index in [1.807, 2.05) is 21.0 Å². The molecule has 5 heteroatoms. The van der Waals surface area contributed by atoms with Crippen LogP contribution in [0.1, 0.15) is 25.3 Å². The number of halogens is 2. The molecule has 1 atom stereocenters. The molecule has 0 saturated carbocycles. The molecule has 102 valence electrons. The van der Waals surface area contributed by atoms with E-state index in [2.05, 4.69) is 10.2 Å². The predicted molar refractivity (Wildman–Crippen MR) is 72.1 cm³/mol. The van der Waals surface area contributed by atoms with Gasteiger partial charge >= 0.3 is 0 Å². The van der Waals surface area contributed by atoms with E-state index in [4.69, 9.17) is 5.73 Å². The Hall–Kier alpha value is -1.36. The summed E-state index contributed by atoms with van der Waals surface area (Å²) in [4.78, 5) is 2.06. The Balaban J connectivity index is 2.71. The zero-order valence-electron chi connectivity index (χ0n) is 11.1. The summed E-state index contributed by atoms with van der Waals surface area (Å²) in [6.07, 6.45) is -1.63. The number of nitrogens with one attached hydrogen (secondary N) is 1. The molecule has 3 nitrogen and oxygen atoms in total. The number of nitrogens with two attached hydrogens (primary N) is 1. The second-order valence-electron chi connectivity index (χ2n) is 4.78. The largest absolute Gasteiger partial charge is 0.399 e. The van der Waals surface area contributed by atoms with Gasteiger partial charge in [-0.15, -0.1) is 0 Å². The quantitative estimate of drug-likeness (QED) is 0.770. The molecule has 1 rings (SSSR count). The molecule has 1 unspecified atom stereocenters. The Kier molecular flexibility index (Phi) is 5.34. The summed E-state index contributed by atoms with van der Waals surface area (Å²) in [7, 11) is 3.97. The number of rotatable bonds is 6. The average molecular weight is 257 g/mol. The predicted octanol–water partition coefficient (Wildman–Crippen LogP) is 2.96. The van der Waals surface area contributed by atoms with Crippen LogP contribution in [-0.2, 0) is 0 Å². The number of hydrogen-bond acceptors (Lipinski definition) is 3. The van der Waals surface area contributed by atoms with Crippen molar-refractivity contribution in [2.24, 2.45) is 0 Å². The molecule has 0 spiro atoms. The third-order valence-corrected chi connectivity index (χ3v) is 2.72. The van der Waals surface area contributed by atoms with Crippen LogP contribution in [-0.4, -0.2) is 31.6 Å². The van der Waals surface area contributed by atoms with E-state index in [1.54, 1.807) is 12.1 Å². The van der Waals surface area contributed by atoms with Crippen molar-refractivity contribution in [3.8, 4) is 0 Å². The Labute approximate surface area is 107 Å². The maximum absolute atomic E-state index is 12.9. The maximum Gasteiger partial charge on any atom is 0.265 e. The zero-order chi connectivity index (χ0) is 13.7. The van der Waals surface area contributed by atoms with Crippen molar-refractivity contribution < 1.29 is 8.78 Å². The summed E-state index contributed by atoms with van der Waals surface area (Å²) < 4.78 is 25.7.